The monoisotopic (exact) mass is 357 g/mol. The molecule has 0 bridgehead atoms. The summed E-state index contributed by atoms with van der Waals surface area (Å²) in [5.41, 5.74) is 0.307. The minimum absolute atomic E-state index is 0.0573. The number of fused-ring (bicyclic) bond motifs is 1. The Kier molecular flexibility index (Phi) is 5.05. The summed E-state index contributed by atoms with van der Waals surface area (Å²) in [5.74, 6) is 0.867. The number of aromatic nitrogens is 1. The van der Waals surface area contributed by atoms with Crippen molar-refractivity contribution < 1.29 is 9.59 Å². The molecule has 1 aliphatic heterocycles. The van der Waals surface area contributed by atoms with E-state index in [0.717, 1.165) is 32.4 Å². The Balaban J connectivity index is 1.60. The van der Waals surface area contributed by atoms with Gasteiger partial charge in [-0.25, -0.2) is 4.79 Å². The van der Waals surface area contributed by atoms with Crippen LogP contribution in [0.15, 0.2) is 18.3 Å². The Morgan fingerprint density at radius 2 is 2.00 bits per heavy atom. The molecule has 2 unspecified atom stereocenters. The molecule has 3 rings (SSSR count). The van der Waals surface area contributed by atoms with Gasteiger partial charge in [-0.15, -0.1) is 0 Å². The molecule has 0 radical (unpaired) electrons. The largest absolute Gasteiger partial charge is 0.331 e. The number of likely N-dealkylation sites (tertiary alicyclic amines) is 1. The molecule has 1 aromatic rings. The van der Waals surface area contributed by atoms with Crippen LogP contribution in [0.5, 0.6) is 0 Å². The highest BCUT2D eigenvalue weighted by Crippen LogP contribution is 2.45. The van der Waals surface area contributed by atoms with Crippen molar-refractivity contribution in [2.45, 2.75) is 31.7 Å². The molecule has 140 valence electrons. The molecule has 7 heteroatoms. The third-order valence-electron chi connectivity index (χ3n) is 5.96. The first-order valence-corrected chi connectivity index (χ1v) is 9.21. The smallest absolute Gasteiger partial charge is 0.319 e. The SMILES string of the molecule is CCC1(NCC(=O)n2cccc2C#N)CC2CN(C(=O)N(C)C)CC2C1. The third kappa shape index (κ3) is 3.34. The summed E-state index contributed by atoms with van der Waals surface area (Å²) in [6.07, 6.45) is 4.55. The van der Waals surface area contributed by atoms with E-state index < -0.39 is 0 Å². The van der Waals surface area contributed by atoms with Crippen LogP contribution in [0.2, 0.25) is 0 Å². The van der Waals surface area contributed by atoms with Gasteiger partial charge in [-0.05, 0) is 43.2 Å². The molecule has 1 aliphatic carbocycles. The van der Waals surface area contributed by atoms with Crippen molar-refractivity contribution in [3.05, 3.63) is 24.0 Å². The first-order chi connectivity index (χ1) is 12.4. The van der Waals surface area contributed by atoms with Gasteiger partial charge in [0.1, 0.15) is 11.8 Å². The van der Waals surface area contributed by atoms with Crippen molar-refractivity contribution in [1.82, 2.24) is 19.7 Å². The molecule has 2 atom stereocenters. The van der Waals surface area contributed by atoms with Crippen LogP contribution in [0, 0.1) is 23.2 Å². The predicted molar refractivity (Wildman–Crippen MR) is 97.7 cm³/mol. The van der Waals surface area contributed by atoms with Crippen LogP contribution in [0.3, 0.4) is 0 Å². The number of urea groups is 1. The van der Waals surface area contributed by atoms with E-state index in [-0.39, 0.29) is 24.0 Å². The molecule has 2 aliphatic rings. The second-order valence-electron chi connectivity index (χ2n) is 7.77. The maximum absolute atomic E-state index is 12.5. The first kappa shape index (κ1) is 18.5. The van der Waals surface area contributed by atoms with Crippen molar-refractivity contribution in [2.75, 3.05) is 33.7 Å². The van der Waals surface area contributed by atoms with Crippen molar-refractivity contribution in [3.63, 3.8) is 0 Å². The lowest BCUT2D eigenvalue weighted by molar-refractivity contribution is 0.0894. The van der Waals surface area contributed by atoms with E-state index in [1.165, 1.54) is 4.57 Å². The molecule has 1 saturated heterocycles. The second-order valence-corrected chi connectivity index (χ2v) is 7.77. The fourth-order valence-corrected chi connectivity index (χ4v) is 4.52. The summed E-state index contributed by atoms with van der Waals surface area (Å²) in [6.45, 7) is 3.97. The Bertz CT molecular complexity index is 719. The molecule has 0 spiro atoms. The molecule has 1 N–H and O–H groups in total. The van der Waals surface area contributed by atoms with E-state index >= 15 is 0 Å². The Morgan fingerprint density at radius 3 is 2.54 bits per heavy atom. The normalized spacial score (nSPS) is 27.2. The van der Waals surface area contributed by atoms with E-state index in [4.69, 9.17) is 5.26 Å². The number of amides is 2. The van der Waals surface area contributed by atoms with E-state index in [1.54, 1.807) is 37.3 Å². The quantitative estimate of drug-likeness (QED) is 0.890. The summed E-state index contributed by atoms with van der Waals surface area (Å²) < 4.78 is 1.41. The van der Waals surface area contributed by atoms with Crippen LogP contribution >= 0.6 is 0 Å². The minimum atomic E-state index is -0.110. The van der Waals surface area contributed by atoms with Crippen LogP contribution in [-0.2, 0) is 0 Å². The van der Waals surface area contributed by atoms with Crippen molar-refractivity contribution in [1.29, 1.82) is 5.26 Å². The van der Waals surface area contributed by atoms with Crippen LogP contribution in [-0.4, -0.2) is 65.6 Å². The van der Waals surface area contributed by atoms with Gasteiger partial charge in [0, 0.05) is 38.9 Å². The maximum atomic E-state index is 12.5. The highest BCUT2D eigenvalue weighted by Gasteiger charge is 2.49. The average Bonchev–Trinajstić information content (AvgIpc) is 3.31. The molecule has 0 aromatic carbocycles. The van der Waals surface area contributed by atoms with Gasteiger partial charge < -0.3 is 15.1 Å². The number of carbonyl (C=O) groups is 2. The lowest BCUT2D eigenvalue weighted by Gasteiger charge is -2.32. The fraction of sp³-hybridized carbons (Fsp3) is 0.632. The number of nitriles is 1. The van der Waals surface area contributed by atoms with Crippen LogP contribution in [0.1, 0.15) is 36.7 Å². The average molecular weight is 357 g/mol. The van der Waals surface area contributed by atoms with Crippen LogP contribution in [0.25, 0.3) is 0 Å². The molecule has 2 amide bonds. The summed E-state index contributed by atoms with van der Waals surface area (Å²) in [5, 5.41) is 12.6. The second kappa shape index (κ2) is 7.12. The van der Waals surface area contributed by atoms with E-state index in [2.05, 4.69) is 12.2 Å². The van der Waals surface area contributed by atoms with Gasteiger partial charge in [-0.1, -0.05) is 6.92 Å². The van der Waals surface area contributed by atoms with Gasteiger partial charge in [-0.3, -0.25) is 9.36 Å². The number of hydrogen-bond acceptors (Lipinski definition) is 4. The zero-order chi connectivity index (χ0) is 18.9. The highest BCUT2D eigenvalue weighted by atomic mass is 16.2. The standard InChI is InChI=1S/C19H27N5O2/c1-4-19(21-11-17(25)24-7-5-6-16(24)10-20)8-14-12-23(13-15(14)9-19)18(26)22(2)3/h5-7,14-15,21H,4,8-9,11-13H2,1-3H3. The van der Waals surface area contributed by atoms with Gasteiger partial charge in [0.25, 0.3) is 0 Å². The summed E-state index contributed by atoms with van der Waals surface area (Å²) in [7, 11) is 3.58. The zero-order valence-electron chi connectivity index (χ0n) is 15.7. The molecular formula is C19H27N5O2. The van der Waals surface area contributed by atoms with E-state index in [1.807, 2.05) is 11.0 Å². The fourth-order valence-electron chi connectivity index (χ4n) is 4.52. The Hall–Kier alpha value is -2.33. The molecule has 2 fully saturated rings. The first-order valence-electron chi connectivity index (χ1n) is 9.21. The lowest BCUT2D eigenvalue weighted by atomic mass is 9.92. The summed E-state index contributed by atoms with van der Waals surface area (Å²) >= 11 is 0. The molecule has 7 nitrogen and oxygen atoms in total. The third-order valence-corrected chi connectivity index (χ3v) is 5.96. The highest BCUT2D eigenvalue weighted by molar-refractivity contribution is 5.82. The van der Waals surface area contributed by atoms with Crippen molar-refractivity contribution in [3.8, 4) is 6.07 Å². The van der Waals surface area contributed by atoms with Gasteiger partial charge in [0.05, 0.1) is 6.54 Å². The van der Waals surface area contributed by atoms with Gasteiger partial charge in [0.15, 0.2) is 0 Å². The minimum Gasteiger partial charge on any atom is -0.331 e. The molecule has 1 saturated carbocycles. The lowest BCUT2D eigenvalue weighted by Crippen LogP contribution is -2.47. The number of nitrogens with zero attached hydrogens (tertiary/aromatic N) is 4. The number of rotatable bonds is 4. The molecule has 1 aromatic heterocycles. The number of carbonyl (C=O) groups excluding carboxylic acids is 2. The summed E-state index contributed by atoms with van der Waals surface area (Å²) in [4.78, 5) is 28.2. The predicted octanol–water partition coefficient (Wildman–Crippen LogP) is 1.76. The Morgan fingerprint density at radius 1 is 1.35 bits per heavy atom. The van der Waals surface area contributed by atoms with Gasteiger partial charge in [0.2, 0.25) is 5.91 Å². The number of hydrogen-bond donors (Lipinski definition) is 1. The van der Waals surface area contributed by atoms with Crippen molar-refractivity contribution >= 4 is 11.9 Å². The summed E-state index contributed by atoms with van der Waals surface area (Å²) in [6, 6.07) is 5.48. The van der Waals surface area contributed by atoms with Crippen LogP contribution in [0.4, 0.5) is 4.79 Å². The zero-order valence-corrected chi connectivity index (χ0v) is 15.7. The molecular weight excluding hydrogens is 330 g/mol. The van der Waals surface area contributed by atoms with Crippen LogP contribution < -0.4 is 5.32 Å². The van der Waals surface area contributed by atoms with Crippen molar-refractivity contribution in [2.24, 2.45) is 11.8 Å². The van der Waals surface area contributed by atoms with E-state index in [9.17, 15) is 9.59 Å². The Labute approximate surface area is 154 Å². The van der Waals surface area contributed by atoms with E-state index in [0.29, 0.717) is 17.5 Å². The maximum Gasteiger partial charge on any atom is 0.319 e. The van der Waals surface area contributed by atoms with Gasteiger partial charge in [-0.2, -0.15) is 5.26 Å². The molecule has 26 heavy (non-hydrogen) atoms. The van der Waals surface area contributed by atoms with Gasteiger partial charge >= 0.3 is 6.03 Å². The molecule has 2 heterocycles. The number of nitrogens with one attached hydrogen (secondary N) is 1. The topological polar surface area (TPSA) is 81.4 Å².